The summed E-state index contributed by atoms with van der Waals surface area (Å²) in [6, 6.07) is 10.2. The molecule has 21 heavy (non-hydrogen) atoms. The van der Waals surface area contributed by atoms with Gasteiger partial charge in [-0.15, -0.1) is 0 Å². The van der Waals surface area contributed by atoms with Crippen LogP contribution in [0.1, 0.15) is 37.7 Å². The number of carbonyl (C=O) groups excluding carboxylic acids is 1. The minimum Gasteiger partial charge on any atom is -0.377 e. The van der Waals surface area contributed by atoms with Crippen LogP contribution in [0.4, 0.5) is 0 Å². The smallest absolute Gasteiger partial charge is 0.237 e. The Hall–Kier alpha value is -1.39. The molecule has 2 N–H and O–H groups in total. The summed E-state index contributed by atoms with van der Waals surface area (Å²) >= 11 is 0. The van der Waals surface area contributed by atoms with E-state index < -0.39 is 0 Å². The molecule has 4 nitrogen and oxygen atoms in total. The monoisotopic (exact) mass is 290 g/mol. The lowest BCUT2D eigenvalue weighted by Gasteiger charge is -2.22. The molecule has 0 bridgehead atoms. The molecule has 2 rings (SSSR count). The van der Waals surface area contributed by atoms with Crippen LogP contribution in [0.5, 0.6) is 0 Å². The molecule has 4 heteroatoms. The lowest BCUT2D eigenvalue weighted by Crippen LogP contribution is -2.46. The highest BCUT2D eigenvalue weighted by atomic mass is 16.5. The molecule has 1 aromatic rings. The van der Waals surface area contributed by atoms with Gasteiger partial charge in [-0.1, -0.05) is 36.8 Å². The van der Waals surface area contributed by atoms with Crippen molar-refractivity contribution >= 4 is 5.91 Å². The Kier molecular flexibility index (Phi) is 7.25. The topological polar surface area (TPSA) is 50.4 Å². The average Bonchev–Trinajstić information content (AvgIpc) is 2.55. The highest BCUT2D eigenvalue weighted by Gasteiger charge is 2.19. The number of unbranched alkanes of at least 4 members (excludes halogenated alkanes) is 1. The van der Waals surface area contributed by atoms with Crippen molar-refractivity contribution in [3.8, 4) is 0 Å². The maximum atomic E-state index is 11.9. The summed E-state index contributed by atoms with van der Waals surface area (Å²) in [5.74, 6) is 0.153. The Labute approximate surface area is 127 Å². The van der Waals surface area contributed by atoms with Crippen molar-refractivity contribution in [2.45, 2.75) is 44.8 Å². The Balaban J connectivity index is 1.45. The number of benzene rings is 1. The molecule has 1 aliphatic rings. The van der Waals surface area contributed by atoms with Crippen molar-refractivity contribution in [1.82, 2.24) is 10.6 Å². The second-order valence-electron chi connectivity index (χ2n) is 5.54. The number of hydrogen-bond donors (Lipinski definition) is 2. The molecule has 1 fully saturated rings. The Morgan fingerprint density at radius 1 is 1.24 bits per heavy atom. The van der Waals surface area contributed by atoms with E-state index in [1.807, 2.05) is 18.2 Å². The molecule has 0 spiro atoms. The molecule has 1 unspecified atom stereocenters. The number of carbonyl (C=O) groups is 1. The van der Waals surface area contributed by atoms with Crippen LogP contribution in [-0.4, -0.2) is 31.6 Å². The van der Waals surface area contributed by atoms with Crippen molar-refractivity contribution in [2.75, 3.05) is 19.7 Å². The van der Waals surface area contributed by atoms with E-state index in [0.717, 1.165) is 45.4 Å². The third-order valence-electron chi connectivity index (χ3n) is 3.75. The number of hydrogen-bond acceptors (Lipinski definition) is 3. The average molecular weight is 290 g/mol. The van der Waals surface area contributed by atoms with Crippen molar-refractivity contribution in [1.29, 1.82) is 0 Å². The van der Waals surface area contributed by atoms with E-state index >= 15 is 0 Å². The van der Waals surface area contributed by atoms with E-state index in [2.05, 4.69) is 22.8 Å². The summed E-state index contributed by atoms with van der Waals surface area (Å²) < 4.78 is 5.62. The molecular weight excluding hydrogens is 264 g/mol. The summed E-state index contributed by atoms with van der Waals surface area (Å²) in [5.41, 5.74) is 1.20. The fourth-order valence-corrected chi connectivity index (χ4v) is 2.50. The quantitative estimate of drug-likeness (QED) is 0.722. The molecule has 1 amide bonds. The standard InChI is InChI=1S/C17H26N2O2/c20-17(16-10-4-5-11-18-16)19-12-6-7-13-21-14-15-8-2-1-3-9-15/h1-3,8-9,16,18H,4-7,10-14H2,(H,19,20). The first kappa shape index (κ1) is 16.0. The molecule has 1 aliphatic heterocycles. The van der Waals surface area contributed by atoms with Crippen LogP contribution < -0.4 is 10.6 Å². The van der Waals surface area contributed by atoms with Gasteiger partial charge in [-0.3, -0.25) is 4.79 Å². The Morgan fingerprint density at radius 3 is 2.86 bits per heavy atom. The van der Waals surface area contributed by atoms with Gasteiger partial charge in [0.15, 0.2) is 0 Å². The van der Waals surface area contributed by atoms with Gasteiger partial charge in [-0.2, -0.15) is 0 Å². The van der Waals surface area contributed by atoms with Crippen LogP contribution in [0.2, 0.25) is 0 Å². The van der Waals surface area contributed by atoms with E-state index in [-0.39, 0.29) is 11.9 Å². The predicted molar refractivity (Wildman–Crippen MR) is 84.0 cm³/mol. The number of piperidine rings is 1. The maximum absolute atomic E-state index is 11.9. The number of nitrogens with one attached hydrogen (secondary N) is 2. The first-order chi connectivity index (χ1) is 10.4. The van der Waals surface area contributed by atoms with E-state index in [1.165, 1.54) is 12.0 Å². The minimum absolute atomic E-state index is 0.0214. The molecule has 0 saturated carbocycles. The number of ether oxygens (including phenoxy) is 1. The zero-order valence-electron chi connectivity index (χ0n) is 12.6. The van der Waals surface area contributed by atoms with Gasteiger partial charge < -0.3 is 15.4 Å². The van der Waals surface area contributed by atoms with Gasteiger partial charge in [0.05, 0.1) is 12.6 Å². The third-order valence-corrected chi connectivity index (χ3v) is 3.75. The Bertz CT molecular complexity index is 403. The highest BCUT2D eigenvalue weighted by molar-refractivity contribution is 5.81. The molecule has 0 aliphatic carbocycles. The van der Waals surface area contributed by atoms with Crippen molar-refractivity contribution in [3.63, 3.8) is 0 Å². The van der Waals surface area contributed by atoms with Crippen molar-refractivity contribution < 1.29 is 9.53 Å². The van der Waals surface area contributed by atoms with Gasteiger partial charge in [-0.05, 0) is 37.8 Å². The molecule has 1 heterocycles. The van der Waals surface area contributed by atoms with Crippen LogP contribution in [0.25, 0.3) is 0 Å². The fourth-order valence-electron chi connectivity index (χ4n) is 2.50. The van der Waals surface area contributed by atoms with Crippen LogP contribution >= 0.6 is 0 Å². The molecule has 1 atom stereocenters. The molecule has 116 valence electrons. The molecular formula is C17H26N2O2. The van der Waals surface area contributed by atoms with E-state index in [9.17, 15) is 4.79 Å². The van der Waals surface area contributed by atoms with Gasteiger partial charge in [0, 0.05) is 13.2 Å². The van der Waals surface area contributed by atoms with Gasteiger partial charge in [0.2, 0.25) is 5.91 Å². The maximum Gasteiger partial charge on any atom is 0.237 e. The van der Waals surface area contributed by atoms with Gasteiger partial charge >= 0.3 is 0 Å². The Morgan fingerprint density at radius 2 is 2.10 bits per heavy atom. The molecule has 1 saturated heterocycles. The number of amides is 1. The van der Waals surface area contributed by atoms with Gasteiger partial charge in [0.25, 0.3) is 0 Å². The van der Waals surface area contributed by atoms with Crippen LogP contribution in [0.15, 0.2) is 30.3 Å². The fraction of sp³-hybridized carbons (Fsp3) is 0.588. The summed E-state index contributed by atoms with van der Waals surface area (Å²) in [6.07, 6.45) is 5.24. The molecule has 1 aromatic carbocycles. The summed E-state index contributed by atoms with van der Waals surface area (Å²) in [6.45, 7) is 3.11. The SMILES string of the molecule is O=C(NCCCCOCc1ccccc1)C1CCCCN1. The van der Waals surface area contributed by atoms with E-state index in [1.54, 1.807) is 0 Å². The normalized spacial score (nSPS) is 18.4. The van der Waals surface area contributed by atoms with Crippen LogP contribution in [0.3, 0.4) is 0 Å². The molecule has 0 aromatic heterocycles. The summed E-state index contributed by atoms with van der Waals surface area (Å²) in [5, 5.41) is 6.27. The highest BCUT2D eigenvalue weighted by Crippen LogP contribution is 2.06. The largest absolute Gasteiger partial charge is 0.377 e. The predicted octanol–water partition coefficient (Wildman–Crippen LogP) is 2.24. The zero-order valence-corrected chi connectivity index (χ0v) is 12.6. The first-order valence-corrected chi connectivity index (χ1v) is 7.99. The zero-order chi connectivity index (χ0) is 14.8. The first-order valence-electron chi connectivity index (χ1n) is 7.99. The van der Waals surface area contributed by atoms with E-state index in [0.29, 0.717) is 6.61 Å². The second kappa shape index (κ2) is 9.53. The lowest BCUT2D eigenvalue weighted by molar-refractivity contribution is -0.123. The molecule has 0 radical (unpaired) electrons. The van der Waals surface area contributed by atoms with E-state index in [4.69, 9.17) is 4.74 Å². The van der Waals surface area contributed by atoms with Crippen molar-refractivity contribution in [3.05, 3.63) is 35.9 Å². The second-order valence-corrected chi connectivity index (χ2v) is 5.54. The van der Waals surface area contributed by atoms with Crippen LogP contribution in [0, 0.1) is 0 Å². The van der Waals surface area contributed by atoms with Gasteiger partial charge in [0.1, 0.15) is 0 Å². The van der Waals surface area contributed by atoms with Crippen LogP contribution in [-0.2, 0) is 16.1 Å². The number of rotatable bonds is 8. The summed E-state index contributed by atoms with van der Waals surface area (Å²) in [7, 11) is 0. The third kappa shape index (κ3) is 6.27. The van der Waals surface area contributed by atoms with Gasteiger partial charge in [-0.25, -0.2) is 0 Å². The van der Waals surface area contributed by atoms with Crippen molar-refractivity contribution in [2.24, 2.45) is 0 Å². The lowest BCUT2D eigenvalue weighted by atomic mass is 10.0. The minimum atomic E-state index is 0.0214. The summed E-state index contributed by atoms with van der Waals surface area (Å²) in [4.78, 5) is 11.9.